The van der Waals surface area contributed by atoms with Crippen LogP contribution in [0.5, 0.6) is 0 Å². The molecule has 0 saturated carbocycles. The topological polar surface area (TPSA) is 58.4 Å². The van der Waals surface area contributed by atoms with Crippen LogP contribution in [0.1, 0.15) is 32.6 Å². The first kappa shape index (κ1) is 12.5. The predicted octanol–water partition coefficient (Wildman–Crippen LogP) is 0.326. The second kappa shape index (κ2) is 6.80. The zero-order valence-electron chi connectivity index (χ0n) is 9.67. The lowest BCUT2D eigenvalue weighted by atomic mass is 10.2. The van der Waals surface area contributed by atoms with E-state index in [-0.39, 0.29) is 11.9 Å². The Morgan fingerprint density at radius 1 is 1.47 bits per heavy atom. The highest BCUT2D eigenvalue weighted by Gasteiger charge is 2.12. The van der Waals surface area contributed by atoms with Crippen LogP contribution in [0.25, 0.3) is 0 Å². The third kappa shape index (κ3) is 4.62. The van der Waals surface area contributed by atoms with Crippen LogP contribution in [0.15, 0.2) is 0 Å². The summed E-state index contributed by atoms with van der Waals surface area (Å²) in [7, 11) is 0. The molecule has 0 radical (unpaired) electrons. The minimum absolute atomic E-state index is 0.0149. The Morgan fingerprint density at radius 2 is 2.13 bits per heavy atom. The lowest BCUT2D eigenvalue weighted by Crippen LogP contribution is -2.41. The van der Waals surface area contributed by atoms with Gasteiger partial charge in [0.15, 0.2) is 0 Å². The molecule has 1 aliphatic rings. The molecule has 0 unspecified atom stereocenters. The van der Waals surface area contributed by atoms with Crippen LogP contribution in [-0.4, -0.2) is 43.0 Å². The van der Waals surface area contributed by atoms with Gasteiger partial charge in [0.1, 0.15) is 0 Å². The van der Waals surface area contributed by atoms with Crippen molar-refractivity contribution in [2.45, 2.75) is 38.6 Å². The molecule has 3 N–H and O–H groups in total. The van der Waals surface area contributed by atoms with E-state index in [0.717, 1.165) is 19.5 Å². The quantitative estimate of drug-likeness (QED) is 0.625. The maximum atomic E-state index is 11.3. The van der Waals surface area contributed by atoms with Gasteiger partial charge in [-0.25, -0.2) is 0 Å². The summed E-state index contributed by atoms with van der Waals surface area (Å²) in [5.41, 5.74) is 5.60. The van der Waals surface area contributed by atoms with E-state index in [1.54, 1.807) is 0 Å². The van der Waals surface area contributed by atoms with E-state index in [2.05, 4.69) is 10.2 Å². The zero-order valence-corrected chi connectivity index (χ0v) is 9.67. The molecule has 88 valence electrons. The van der Waals surface area contributed by atoms with Crippen molar-refractivity contribution in [3.8, 4) is 0 Å². The van der Waals surface area contributed by atoms with E-state index >= 15 is 0 Å². The van der Waals surface area contributed by atoms with Gasteiger partial charge < -0.3 is 16.0 Å². The van der Waals surface area contributed by atoms with Crippen LogP contribution < -0.4 is 11.1 Å². The molecule has 1 heterocycles. The zero-order chi connectivity index (χ0) is 11.1. The first-order chi connectivity index (χ1) is 7.24. The minimum atomic E-state index is -0.336. The summed E-state index contributed by atoms with van der Waals surface area (Å²) >= 11 is 0. The Balaban J connectivity index is 1.98. The molecule has 0 bridgehead atoms. The lowest BCUT2D eigenvalue weighted by molar-refractivity contribution is -0.122. The van der Waals surface area contributed by atoms with Crippen molar-refractivity contribution >= 4 is 5.91 Å². The molecule has 0 aliphatic carbocycles. The SMILES string of the molecule is CC[C@H](N)C(=O)NCCCN1CCCC1. The van der Waals surface area contributed by atoms with E-state index in [1.807, 2.05) is 6.92 Å². The maximum absolute atomic E-state index is 11.3. The van der Waals surface area contributed by atoms with Crippen molar-refractivity contribution in [1.82, 2.24) is 10.2 Å². The van der Waals surface area contributed by atoms with E-state index in [4.69, 9.17) is 5.73 Å². The molecular weight excluding hydrogens is 190 g/mol. The van der Waals surface area contributed by atoms with Crippen LogP contribution in [0.2, 0.25) is 0 Å². The number of rotatable bonds is 6. The number of hydrogen-bond acceptors (Lipinski definition) is 3. The van der Waals surface area contributed by atoms with Crippen molar-refractivity contribution in [1.29, 1.82) is 0 Å². The lowest BCUT2D eigenvalue weighted by Gasteiger charge is -2.15. The van der Waals surface area contributed by atoms with Crippen LogP contribution in [0.3, 0.4) is 0 Å². The van der Waals surface area contributed by atoms with Crippen LogP contribution >= 0.6 is 0 Å². The van der Waals surface area contributed by atoms with Crippen LogP contribution in [-0.2, 0) is 4.79 Å². The van der Waals surface area contributed by atoms with E-state index in [0.29, 0.717) is 6.42 Å². The molecular formula is C11H23N3O. The Labute approximate surface area is 92.2 Å². The number of carbonyl (C=O) groups excluding carboxylic acids is 1. The normalized spacial score (nSPS) is 19.1. The fourth-order valence-electron chi connectivity index (χ4n) is 1.84. The van der Waals surface area contributed by atoms with E-state index in [9.17, 15) is 4.79 Å². The van der Waals surface area contributed by atoms with Gasteiger partial charge >= 0.3 is 0 Å². The van der Waals surface area contributed by atoms with Gasteiger partial charge in [-0.1, -0.05) is 6.92 Å². The molecule has 1 aliphatic heterocycles. The average Bonchev–Trinajstić information content (AvgIpc) is 2.75. The Bertz CT molecular complexity index is 190. The fraction of sp³-hybridized carbons (Fsp3) is 0.909. The number of nitrogens with zero attached hydrogens (tertiary/aromatic N) is 1. The summed E-state index contributed by atoms with van der Waals surface area (Å²) in [6.45, 7) is 6.23. The average molecular weight is 213 g/mol. The highest BCUT2D eigenvalue weighted by Crippen LogP contribution is 2.06. The van der Waals surface area contributed by atoms with Crippen LogP contribution in [0, 0.1) is 0 Å². The monoisotopic (exact) mass is 213 g/mol. The maximum Gasteiger partial charge on any atom is 0.236 e. The summed E-state index contributed by atoms with van der Waals surface area (Å²) < 4.78 is 0. The molecule has 15 heavy (non-hydrogen) atoms. The number of likely N-dealkylation sites (tertiary alicyclic amines) is 1. The van der Waals surface area contributed by atoms with Crippen molar-refractivity contribution in [3.63, 3.8) is 0 Å². The summed E-state index contributed by atoms with van der Waals surface area (Å²) in [4.78, 5) is 13.8. The van der Waals surface area contributed by atoms with Gasteiger partial charge in [-0.2, -0.15) is 0 Å². The summed E-state index contributed by atoms with van der Waals surface area (Å²) in [6, 6.07) is -0.336. The summed E-state index contributed by atoms with van der Waals surface area (Å²) in [5.74, 6) is -0.0149. The molecule has 0 spiro atoms. The van der Waals surface area contributed by atoms with Crippen LogP contribution in [0.4, 0.5) is 0 Å². The third-order valence-corrected chi connectivity index (χ3v) is 2.93. The second-order valence-corrected chi connectivity index (χ2v) is 4.21. The molecule has 4 nitrogen and oxygen atoms in total. The largest absolute Gasteiger partial charge is 0.355 e. The van der Waals surface area contributed by atoms with E-state index < -0.39 is 0 Å². The van der Waals surface area contributed by atoms with Crippen molar-refractivity contribution < 1.29 is 4.79 Å². The molecule has 0 aromatic carbocycles. The Morgan fingerprint density at radius 3 is 2.73 bits per heavy atom. The Hall–Kier alpha value is -0.610. The smallest absolute Gasteiger partial charge is 0.236 e. The van der Waals surface area contributed by atoms with Crippen molar-refractivity contribution in [3.05, 3.63) is 0 Å². The molecule has 1 amide bonds. The molecule has 1 rings (SSSR count). The second-order valence-electron chi connectivity index (χ2n) is 4.21. The van der Waals surface area contributed by atoms with Gasteiger partial charge in [-0.15, -0.1) is 0 Å². The molecule has 1 saturated heterocycles. The van der Waals surface area contributed by atoms with E-state index in [1.165, 1.54) is 25.9 Å². The number of hydrogen-bond donors (Lipinski definition) is 2. The highest BCUT2D eigenvalue weighted by atomic mass is 16.2. The van der Waals surface area contributed by atoms with Gasteiger partial charge in [-0.3, -0.25) is 4.79 Å². The minimum Gasteiger partial charge on any atom is -0.355 e. The van der Waals surface area contributed by atoms with Gasteiger partial charge in [0.25, 0.3) is 0 Å². The van der Waals surface area contributed by atoms with Gasteiger partial charge in [0.05, 0.1) is 6.04 Å². The van der Waals surface area contributed by atoms with Gasteiger partial charge in [-0.05, 0) is 45.3 Å². The summed E-state index contributed by atoms with van der Waals surface area (Å²) in [6.07, 6.45) is 4.39. The number of nitrogens with one attached hydrogen (secondary N) is 1. The summed E-state index contributed by atoms with van der Waals surface area (Å²) in [5, 5.41) is 2.87. The highest BCUT2D eigenvalue weighted by molar-refractivity contribution is 5.81. The molecule has 0 aromatic rings. The van der Waals surface area contributed by atoms with Crippen molar-refractivity contribution in [2.24, 2.45) is 5.73 Å². The molecule has 1 fully saturated rings. The first-order valence-corrected chi connectivity index (χ1v) is 5.99. The third-order valence-electron chi connectivity index (χ3n) is 2.93. The molecule has 1 atom stereocenters. The fourth-order valence-corrected chi connectivity index (χ4v) is 1.84. The number of nitrogens with two attached hydrogens (primary N) is 1. The molecule has 0 aromatic heterocycles. The van der Waals surface area contributed by atoms with Crippen molar-refractivity contribution in [2.75, 3.05) is 26.2 Å². The van der Waals surface area contributed by atoms with Gasteiger partial charge in [0.2, 0.25) is 5.91 Å². The standard InChI is InChI=1S/C11H23N3O/c1-2-10(12)11(15)13-6-5-9-14-7-3-4-8-14/h10H,2-9,12H2,1H3,(H,13,15)/t10-/m0/s1. The Kier molecular flexibility index (Phi) is 5.65. The first-order valence-electron chi connectivity index (χ1n) is 5.99. The van der Waals surface area contributed by atoms with Gasteiger partial charge in [0, 0.05) is 6.54 Å². The number of amides is 1. The molecule has 4 heteroatoms. The predicted molar refractivity (Wildman–Crippen MR) is 61.6 cm³/mol. The number of carbonyl (C=O) groups is 1.